The Bertz CT molecular complexity index is 2440. The minimum atomic E-state index is -1.22. The molecule has 1 fully saturated rings. The fourth-order valence-corrected chi connectivity index (χ4v) is 6.20. The van der Waals surface area contributed by atoms with E-state index in [0.29, 0.717) is 24.2 Å². The summed E-state index contributed by atoms with van der Waals surface area (Å²) in [5.74, 6) is -3.72. The molecule has 0 radical (unpaired) electrons. The maximum atomic E-state index is 13.2. The third-order valence-electron chi connectivity index (χ3n) is 9.45. The molecule has 0 spiro atoms. The third-order valence-corrected chi connectivity index (χ3v) is 9.45. The Balaban J connectivity index is 0.946. The highest BCUT2D eigenvalue weighted by molar-refractivity contribution is 6.04. The van der Waals surface area contributed by atoms with Crippen molar-refractivity contribution >= 4 is 64.4 Å². The molecule has 6 amide bonds. The summed E-state index contributed by atoms with van der Waals surface area (Å²) in [6.07, 6.45) is 10.6. The molecular formula is C36H42N14O8. The summed E-state index contributed by atoms with van der Waals surface area (Å²) >= 11 is 0. The van der Waals surface area contributed by atoms with Gasteiger partial charge in [-0.15, -0.1) is 0 Å². The van der Waals surface area contributed by atoms with E-state index in [1.54, 1.807) is 55.9 Å². The summed E-state index contributed by atoms with van der Waals surface area (Å²) in [5, 5.41) is 25.4. The third kappa shape index (κ3) is 9.29. The summed E-state index contributed by atoms with van der Waals surface area (Å²) in [6, 6.07) is 3.00. The summed E-state index contributed by atoms with van der Waals surface area (Å²) in [6.45, 7) is 0.222. The van der Waals surface area contributed by atoms with E-state index in [1.807, 2.05) is 0 Å². The van der Waals surface area contributed by atoms with Crippen LogP contribution in [0.4, 0.5) is 23.0 Å². The van der Waals surface area contributed by atoms with Crippen molar-refractivity contribution in [2.45, 2.75) is 25.7 Å². The zero-order valence-electron chi connectivity index (χ0n) is 32.2. The lowest BCUT2D eigenvalue weighted by Crippen LogP contribution is -2.33. The molecule has 0 aromatic carbocycles. The van der Waals surface area contributed by atoms with Gasteiger partial charge in [-0.1, -0.05) is 0 Å². The van der Waals surface area contributed by atoms with Gasteiger partial charge in [0.2, 0.25) is 23.5 Å². The number of carboxylic acids is 1. The van der Waals surface area contributed by atoms with Gasteiger partial charge in [-0.3, -0.25) is 28.8 Å². The smallest absolute Gasteiger partial charge is 0.372 e. The van der Waals surface area contributed by atoms with Crippen molar-refractivity contribution in [2.24, 2.45) is 40.7 Å². The van der Waals surface area contributed by atoms with Crippen LogP contribution in [0.3, 0.4) is 0 Å². The number of anilines is 4. The van der Waals surface area contributed by atoms with E-state index < -0.39 is 40.9 Å². The van der Waals surface area contributed by atoms with Crippen molar-refractivity contribution in [3.8, 4) is 0 Å². The Labute approximate surface area is 330 Å². The van der Waals surface area contributed by atoms with Gasteiger partial charge in [-0.25, -0.2) is 19.7 Å². The molecule has 58 heavy (non-hydrogen) atoms. The molecule has 304 valence electrons. The molecule has 22 heteroatoms. The molecule has 7 N–H and O–H groups in total. The number of carbonyl (C=O) groups excluding carboxylic acids is 6. The minimum absolute atomic E-state index is 0.00588. The topological polar surface area (TPSA) is 275 Å². The van der Waals surface area contributed by atoms with Gasteiger partial charge in [0.05, 0.1) is 11.4 Å². The molecular weight excluding hydrogens is 756 g/mol. The van der Waals surface area contributed by atoms with E-state index in [1.165, 1.54) is 51.5 Å². The highest BCUT2D eigenvalue weighted by atomic mass is 16.4. The number of amides is 6. The average Bonchev–Trinajstić information content (AvgIpc) is 3.63. The van der Waals surface area contributed by atoms with Crippen molar-refractivity contribution < 1.29 is 38.7 Å². The van der Waals surface area contributed by atoms with E-state index in [0.717, 1.165) is 0 Å². The quantitative estimate of drug-likeness (QED) is 0.0742. The number of carbonyl (C=O) groups is 7. The number of aromatic nitrogens is 8. The number of hydrogen-bond acceptors (Lipinski definition) is 10. The lowest BCUT2D eigenvalue weighted by atomic mass is 10.0. The molecule has 0 atom stereocenters. The van der Waals surface area contributed by atoms with Gasteiger partial charge in [0.1, 0.15) is 11.4 Å². The normalized spacial score (nSPS) is 12.7. The summed E-state index contributed by atoms with van der Waals surface area (Å²) in [4.78, 5) is 100. The van der Waals surface area contributed by atoms with Crippen molar-refractivity contribution in [2.75, 3.05) is 34.4 Å². The van der Waals surface area contributed by atoms with Crippen LogP contribution in [-0.2, 0) is 44.8 Å². The number of nitrogens with one attached hydrogen (secondary N) is 6. The number of aromatic carboxylic acids is 1. The minimum Gasteiger partial charge on any atom is -0.475 e. The van der Waals surface area contributed by atoms with Crippen molar-refractivity contribution in [3.63, 3.8) is 0 Å². The Morgan fingerprint density at radius 1 is 0.638 bits per heavy atom. The zero-order chi connectivity index (χ0) is 41.9. The molecule has 1 aliphatic carbocycles. The molecule has 5 aromatic rings. The van der Waals surface area contributed by atoms with Crippen LogP contribution in [0.5, 0.6) is 0 Å². The first-order chi connectivity index (χ1) is 27.5. The predicted octanol–water partition coefficient (Wildman–Crippen LogP) is 1.06. The summed E-state index contributed by atoms with van der Waals surface area (Å²) in [7, 11) is 8.06. The molecule has 1 aliphatic rings. The number of carboxylic acid groups (broad SMARTS) is 1. The molecule has 6 rings (SSSR count). The van der Waals surface area contributed by atoms with Crippen LogP contribution in [0, 0.1) is 5.41 Å². The fraction of sp³-hybridized carbons (Fsp3) is 0.333. The van der Waals surface area contributed by atoms with Crippen molar-refractivity contribution in [1.29, 1.82) is 0 Å². The molecule has 22 nitrogen and oxygen atoms in total. The second-order valence-corrected chi connectivity index (χ2v) is 14.1. The lowest BCUT2D eigenvalue weighted by Gasteiger charge is -2.15. The van der Waals surface area contributed by atoms with Crippen molar-refractivity contribution in [3.05, 3.63) is 78.2 Å². The molecule has 0 aliphatic heterocycles. The van der Waals surface area contributed by atoms with Crippen LogP contribution >= 0.6 is 0 Å². The molecule has 5 heterocycles. The van der Waals surface area contributed by atoms with Gasteiger partial charge in [0.15, 0.2) is 17.5 Å². The van der Waals surface area contributed by atoms with Crippen molar-refractivity contribution in [1.82, 2.24) is 48.4 Å². The Morgan fingerprint density at radius 2 is 1.17 bits per heavy atom. The Morgan fingerprint density at radius 3 is 1.71 bits per heavy atom. The number of nitrogens with zero attached hydrogens (tertiary/aromatic N) is 8. The molecule has 0 saturated heterocycles. The Kier molecular flexibility index (Phi) is 11.3. The van der Waals surface area contributed by atoms with E-state index >= 15 is 0 Å². The van der Waals surface area contributed by atoms with Crippen LogP contribution < -0.4 is 31.9 Å². The van der Waals surface area contributed by atoms with E-state index in [2.05, 4.69) is 46.9 Å². The van der Waals surface area contributed by atoms with Crippen LogP contribution in [0.1, 0.15) is 78.5 Å². The number of rotatable bonds is 16. The first-order valence-electron chi connectivity index (χ1n) is 17.9. The second-order valence-electron chi connectivity index (χ2n) is 14.1. The molecule has 0 bridgehead atoms. The van der Waals surface area contributed by atoms with Gasteiger partial charge < -0.3 is 59.8 Å². The first-order valence-corrected chi connectivity index (χ1v) is 17.9. The van der Waals surface area contributed by atoms with Gasteiger partial charge in [0.25, 0.3) is 23.6 Å². The van der Waals surface area contributed by atoms with Gasteiger partial charge >= 0.3 is 5.97 Å². The number of hydrogen-bond donors (Lipinski definition) is 7. The van der Waals surface area contributed by atoms with Gasteiger partial charge in [-0.2, -0.15) is 0 Å². The predicted molar refractivity (Wildman–Crippen MR) is 206 cm³/mol. The largest absolute Gasteiger partial charge is 0.475 e. The highest BCUT2D eigenvalue weighted by Crippen LogP contribution is 2.48. The maximum Gasteiger partial charge on any atom is 0.372 e. The monoisotopic (exact) mass is 798 g/mol. The first kappa shape index (κ1) is 40.2. The van der Waals surface area contributed by atoms with Crippen LogP contribution in [0.15, 0.2) is 49.3 Å². The van der Waals surface area contributed by atoms with E-state index in [-0.39, 0.29) is 72.3 Å². The lowest BCUT2D eigenvalue weighted by molar-refractivity contribution is -0.117. The molecule has 1 saturated carbocycles. The standard InChI is InChI=1S/C36H42N14O8/c1-46-11-10-37-28(46)33(55)40-20-12-22(47(2)15-20)31(53)38-9-6-26(51)42-24-17-49(4)29(44-24)34(56)41-21-13-23(48(3)16-21)32(54)39-19-36(7-8-36)14-27(52)43-25-18-50(5)30(45-25)35(57)58/h10-13,15-18H,6-9,14,19H2,1-5H3,(H,38,53)(H,39,54)(H,40,55)(H,41,56)(H,42,51)(H,43,52)(H,57,58). The maximum absolute atomic E-state index is 13.2. The average molecular weight is 799 g/mol. The number of imidazole rings is 3. The summed E-state index contributed by atoms with van der Waals surface area (Å²) < 4.78 is 7.37. The SMILES string of the molecule is Cn1cc(NC(=O)c2nccn2C)cc1C(=O)NCCC(=O)Nc1cn(C)c(C(=O)Nc2cc(C(=O)NCC3(CC(=O)Nc4cn(C)c(C(=O)O)n4)CC3)n(C)c2)n1. The van der Waals surface area contributed by atoms with Crippen LogP contribution in [0.25, 0.3) is 0 Å². The van der Waals surface area contributed by atoms with Crippen LogP contribution in [-0.4, -0.2) is 97.4 Å². The van der Waals surface area contributed by atoms with E-state index in [9.17, 15) is 38.7 Å². The Hall–Kier alpha value is -7.52. The second kappa shape index (κ2) is 16.3. The van der Waals surface area contributed by atoms with Crippen LogP contribution in [0.2, 0.25) is 0 Å². The van der Waals surface area contributed by atoms with Gasteiger partial charge in [0, 0.05) is 98.4 Å². The molecule has 5 aromatic heterocycles. The van der Waals surface area contributed by atoms with E-state index in [4.69, 9.17) is 0 Å². The fourth-order valence-electron chi connectivity index (χ4n) is 6.20. The number of aryl methyl sites for hydroxylation is 5. The van der Waals surface area contributed by atoms with Gasteiger partial charge in [-0.05, 0) is 30.4 Å². The summed E-state index contributed by atoms with van der Waals surface area (Å²) in [5.41, 5.74) is 0.785. The highest BCUT2D eigenvalue weighted by Gasteiger charge is 2.44. The zero-order valence-corrected chi connectivity index (χ0v) is 32.2. The molecule has 0 unspecified atom stereocenters.